The van der Waals surface area contributed by atoms with E-state index in [1.807, 2.05) is 0 Å². The van der Waals surface area contributed by atoms with Crippen molar-refractivity contribution in [3.63, 3.8) is 0 Å². The highest BCUT2D eigenvalue weighted by Crippen LogP contribution is 2.27. The molecule has 82 valence electrons. The van der Waals surface area contributed by atoms with E-state index in [1.54, 1.807) is 18.2 Å². The molecule has 0 radical (unpaired) electrons. The Bertz CT molecular complexity index is 356. The molecule has 0 bridgehead atoms. The first kappa shape index (κ1) is 10.7. The molecule has 1 aromatic rings. The number of halogens is 2. The fourth-order valence-corrected chi connectivity index (χ4v) is 2.08. The molecule has 1 fully saturated rings. The van der Waals surface area contributed by atoms with Gasteiger partial charge in [0.05, 0.1) is 10.7 Å². The molecule has 1 heterocycles. The van der Waals surface area contributed by atoms with Gasteiger partial charge in [-0.25, -0.2) is 4.39 Å². The zero-order chi connectivity index (χ0) is 10.8. The summed E-state index contributed by atoms with van der Waals surface area (Å²) in [6.45, 7) is 4.66. The summed E-state index contributed by atoms with van der Waals surface area (Å²) in [6, 6.07) is 5.44. The van der Waals surface area contributed by atoms with Crippen LogP contribution in [0.5, 0.6) is 0 Å². The number of rotatable bonds is 1. The zero-order valence-electron chi connectivity index (χ0n) is 8.63. The van der Waals surface area contributed by atoms with Gasteiger partial charge in [0.1, 0.15) is 0 Å². The molecular weight excluding hydrogens is 215 g/mol. The number of nitrogens with one attached hydrogen (secondary N) is 1. The minimum Gasteiger partial charge on any atom is -0.364 e. The van der Waals surface area contributed by atoms with Crippen molar-refractivity contribution in [3.8, 4) is 0 Å². The van der Waals surface area contributed by atoms with E-state index in [9.17, 15) is 4.39 Å². The van der Waals surface area contributed by atoms with E-state index in [0.29, 0.717) is 11.7 Å². The molecule has 2 nitrogen and oxygen atoms in total. The molecular formula is C11H14ClFN2. The highest BCUT2D eigenvalue weighted by Gasteiger charge is 2.21. The van der Waals surface area contributed by atoms with Crippen LogP contribution in [0.2, 0.25) is 5.02 Å². The van der Waals surface area contributed by atoms with Crippen LogP contribution in [0, 0.1) is 5.82 Å². The molecule has 0 aromatic heterocycles. The van der Waals surface area contributed by atoms with Crippen LogP contribution in [-0.2, 0) is 0 Å². The maximum atomic E-state index is 13.8. The van der Waals surface area contributed by atoms with Crippen molar-refractivity contribution in [2.24, 2.45) is 0 Å². The van der Waals surface area contributed by atoms with Crippen molar-refractivity contribution in [1.29, 1.82) is 0 Å². The van der Waals surface area contributed by atoms with Gasteiger partial charge < -0.3 is 10.2 Å². The van der Waals surface area contributed by atoms with Gasteiger partial charge in [0.25, 0.3) is 0 Å². The van der Waals surface area contributed by atoms with E-state index in [0.717, 1.165) is 19.6 Å². The Balaban J connectivity index is 2.31. The Hall–Kier alpha value is -0.800. The van der Waals surface area contributed by atoms with E-state index in [2.05, 4.69) is 17.1 Å². The Morgan fingerprint density at radius 1 is 1.53 bits per heavy atom. The second-order valence-electron chi connectivity index (χ2n) is 3.82. The summed E-state index contributed by atoms with van der Waals surface area (Å²) >= 11 is 5.76. The van der Waals surface area contributed by atoms with Crippen LogP contribution in [0.4, 0.5) is 10.1 Å². The Morgan fingerprint density at radius 3 is 3.07 bits per heavy atom. The summed E-state index contributed by atoms with van der Waals surface area (Å²) in [4.78, 5) is 2.05. The van der Waals surface area contributed by atoms with E-state index >= 15 is 0 Å². The maximum absolute atomic E-state index is 13.8. The van der Waals surface area contributed by atoms with Gasteiger partial charge in [-0.3, -0.25) is 0 Å². The molecule has 0 aliphatic carbocycles. The smallest absolute Gasteiger partial charge is 0.165 e. The zero-order valence-corrected chi connectivity index (χ0v) is 9.39. The van der Waals surface area contributed by atoms with Crippen LogP contribution in [0.1, 0.15) is 6.92 Å². The number of nitrogens with zero attached hydrogens (tertiary/aromatic N) is 1. The summed E-state index contributed by atoms with van der Waals surface area (Å²) < 4.78 is 13.8. The normalized spacial score (nSPS) is 21.8. The monoisotopic (exact) mass is 228 g/mol. The minimum atomic E-state index is -0.312. The van der Waals surface area contributed by atoms with Crippen molar-refractivity contribution in [1.82, 2.24) is 5.32 Å². The van der Waals surface area contributed by atoms with Crippen LogP contribution in [-0.4, -0.2) is 25.7 Å². The average Bonchev–Trinajstić information content (AvgIpc) is 2.23. The standard InChI is InChI=1S/C11H14ClFN2/c1-8-7-14-5-6-15(8)10-4-2-3-9(12)11(10)13/h2-4,8,14H,5-7H2,1H3. The van der Waals surface area contributed by atoms with Crippen LogP contribution >= 0.6 is 11.6 Å². The van der Waals surface area contributed by atoms with Gasteiger partial charge in [-0.05, 0) is 19.1 Å². The van der Waals surface area contributed by atoms with Crippen LogP contribution in [0.25, 0.3) is 0 Å². The fraction of sp³-hybridized carbons (Fsp3) is 0.455. The lowest BCUT2D eigenvalue weighted by atomic mass is 10.1. The average molecular weight is 229 g/mol. The molecule has 2 rings (SSSR count). The predicted molar refractivity (Wildman–Crippen MR) is 61.1 cm³/mol. The molecule has 4 heteroatoms. The number of hydrogen-bond donors (Lipinski definition) is 1. The highest BCUT2D eigenvalue weighted by atomic mass is 35.5. The lowest BCUT2D eigenvalue weighted by molar-refractivity contribution is 0.491. The van der Waals surface area contributed by atoms with Gasteiger partial charge in [-0.2, -0.15) is 0 Å². The number of piperazine rings is 1. The second-order valence-corrected chi connectivity index (χ2v) is 4.23. The summed E-state index contributed by atoms with van der Waals surface area (Å²) in [6.07, 6.45) is 0. The lowest BCUT2D eigenvalue weighted by Gasteiger charge is -2.36. The molecule has 0 spiro atoms. The van der Waals surface area contributed by atoms with E-state index in [4.69, 9.17) is 11.6 Å². The maximum Gasteiger partial charge on any atom is 0.165 e. The molecule has 1 atom stereocenters. The molecule has 1 aromatic carbocycles. The summed E-state index contributed by atoms with van der Waals surface area (Å²) in [5, 5.41) is 3.46. The lowest BCUT2D eigenvalue weighted by Crippen LogP contribution is -2.50. The Kier molecular flexibility index (Phi) is 3.12. The molecule has 0 amide bonds. The third-order valence-electron chi connectivity index (χ3n) is 2.74. The summed E-state index contributed by atoms with van der Waals surface area (Å²) in [5.41, 5.74) is 0.608. The largest absolute Gasteiger partial charge is 0.364 e. The summed E-state index contributed by atoms with van der Waals surface area (Å²) in [5.74, 6) is -0.312. The molecule has 1 aliphatic rings. The number of benzene rings is 1. The van der Waals surface area contributed by atoms with Crippen molar-refractivity contribution < 1.29 is 4.39 Å². The highest BCUT2D eigenvalue weighted by molar-refractivity contribution is 6.31. The van der Waals surface area contributed by atoms with Crippen molar-refractivity contribution >= 4 is 17.3 Å². The second kappa shape index (κ2) is 4.37. The topological polar surface area (TPSA) is 15.3 Å². The Morgan fingerprint density at radius 2 is 2.33 bits per heavy atom. The minimum absolute atomic E-state index is 0.193. The molecule has 1 aliphatic heterocycles. The van der Waals surface area contributed by atoms with Crippen molar-refractivity contribution in [2.45, 2.75) is 13.0 Å². The SMILES string of the molecule is CC1CNCCN1c1cccc(Cl)c1F. The predicted octanol–water partition coefficient (Wildman–Crippen LogP) is 2.28. The van der Waals surface area contributed by atoms with Crippen molar-refractivity contribution in [2.75, 3.05) is 24.5 Å². The van der Waals surface area contributed by atoms with E-state index < -0.39 is 0 Å². The molecule has 0 saturated carbocycles. The third-order valence-corrected chi connectivity index (χ3v) is 3.03. The molecule has 1 saturated heterocycles. The number of hydrogen-bond acceptors (Lipinski definition) is 2. The van der Waals surface area contributed by atoms with Crippen LogP contribution in [0.3, 0.4) is 0 Å². The Labute approximate surface area is 94.0 Å². The number of anilines is 1. The molecule has 15 heavy (non-hydrogen) atoms. The van der Waals surface area contributed by atoms with E-state index in [-0.39, 0.29) is 10.8 Å². The van der Waals surface area contributed by atoms with Gasteiger partial charge in [0, 0.05) is 25.7 Å². The quantitative estimate of drug-likeness (QED) is 0.794. The van der Waals surface area contributed by atoms with Crippen LogP contribution < -0.4 is 10.2 Å². The van der Waals surface area contributed by atoms with Gasteiger partial charge in [-0.15, -0.1) is 0 Å². The third kappa shape index (κ3) is 2.08. The first-order valence-corrected chi connectivity index (χ1v) is 5.49. The van der Waals surface area contributed by atoms with Gasteiger partial charge in [0.15, 0.2) is 5.82 Å². The van der Waals surface area contributed by atoms with E-state index in [1.165, 1.54) is 0 Å². The first-order chi connectivity index (χ1) is 7.20. The van der Waals surface area contributed by atoms with Gasteiger partial charge in [0.2, 0.25) is 0 Å². The molecule has 1 unspecified atom stereocenters. The van der Waals surface area contributed by atoms with Crippen LogP contribution in [0.15, 0.2) is 18.2 Å². The van der Waals surface area contributed by atoms with Crippen molar-refractivity contribution in [3.05, 3.63) is 29.0 Å². The molecule has 1 N–H and O–H groups in total. The summed E-state index contributed by atoms with van der Waals surface area (Å²) in [7, 11) is 0. The van der Waals surface area contributed by atoms with Gasteiger partial charge in [-0.1, -0.05) is 17.7 Å². The fourth-order valence-electron chi connectivity index (χ4n) is 1.91. The van der Waals surface area contributed by atoms with Gasteiger partial charge >= 0.3 is 0 Å². The first-order valence-electron chi connectivity index (χ1n) is 5.11.